The van der Waals surface area contributed by atoms with Crippen molar-refractivity contribution in [2.45, 2.75) is 201 Å². The Kier molecular flexibility index (Phi) is 11.4. The Hall–Kier alpha value is -1.55. The molecule has 12 nitrogen and oxygen atoms in total. The van der Waals surface area contributed by atoms with E-state index < -0.39 is 5.79 Å². The van der Waals surface area contributed by atoms with Crippen LogP contribution in [0.25, 0.3) is 0 Å². The van der Waals surface area contributed by atoms with E-state index in [2.05, 4.69) is 38.5 Å². The molecule has 0 unspecified atom stereocenters. The Labute approximate surface area is 344 Å². The summed E-state index contributed by atoms with van der Waals surface area (Å²) in [6.45, 7) is 20.7. The first-order valence-electron chi connectivity index (χ1n) is 22.7. The number of hydrogen-bond acceptors (Lipinski definition) is 12. The van der Waals surface area contributed by atoms with Crippen molar-refractivity contribution in [1.29, 1.82) is 0 Å². The van der Waals surface area contributed by atoms with Crippen LogP contribution in [0.1, 0.15) is 97.3 Å². The van der Waals surface area contributed by atoms with Crippen molar-refractivity contribution >= 4 is 5.78 Å². The predicted molar refractivity (Wildman–Crippen MR) is 212 cm³/mol. The van der Waals surface area contributed by atoms with Gasteiger partial charge >= 0.3 is 0 Å². The molecule has 11 heterocycles. The lowest BCUT2D eigenvalue weighted by atomic mass is 9.81. The van der Waals surface area contributed by atoms with Gasteiger partial charge in [-0.2, -0.15) is 0 Å². The molecule has 19 atom stereocenters. The normalized spacial score (nSPS) is 50.8. The monoisotopic (exact) mass is 809 g/mol. The molecule has 322 valence electrons. The highest BCUT2D eigenvalue weighted by atomic mass is 16.8. The van der Waals surface area contributed by atoms with E-state index in [4.69, 9.17) is 47.4 Å². The van der Waals surface area contributed by atoms with Gasteiger partial charge in [-0.05, 0) is 68.9 Å². The number of ether oxygens (including phenoxy) is 10. The third kappa shape index (κ3) is 7.77. The first-order chi connectivity index (χ1) is 28.0. The maximum absolute atomic E-state index is 14.3. The molecule has 0 saturated carbocycles. The highest BCUT2D eigenvalue weighted by Crippen LogP contribution is 2.54. The maximum atomic E-state index is 14.3. The molecule has 11 saturated heterocycles. The number of methoxy groups -OCH3 is 1. The summed E-state index contributed by atoms with van der Waals surface area (Å²) in [6, 6.07) is 0. The predicted octanol–water partition coefficient (Wildman–Crippen LogP) is 5.40. The van der Waals surface area contributed by atoms with E-state index >= 15 is 0 Å². The fraction of sp³-hybridized carbons (Fsp3) is 0.848. The number of hydrogen-bond donors (Lipinski definition) is 0. The molecule has 12 heteroatoms. The molecule has 58 heavy (non-hydrogen) atoms. The average molecular weight is 810 g/mol. The second-order valence-corrected chi connectivity index (χ2v) is 19.7. The lowest BCUT2D eigenvalue weighted by Crippen LogP contribution is -2.61. The molecule has 11 fully saturated rings. The van der Waals surface area contributed by atoms with Crippen molar-refractivity contribution in [3.63, 3.8) is 0 Å². The number of carbonyl (C=O) groups is 1. The van der Waals surface area contributed by atoms with Crippen molar-refractivity contribution < 1.29 is 52.2 Å². The van der Waals surface area contributed by atoms with Gasteiger partial charge in [0.15, 0.2) is 5.79 Å². The third-order valence-corrected chi connectivity index (χ3v) is 15.4. The number of nitrogens with zero attached hydrogens (tertiary/aromatic N) is 1. The van der Waals surface area contributed by atoms with Crippen LogP contribution >= 0.6 is 0 Å². The number of carbonyl (C=O) groups excluding carboxylic acids is 1. The van der Waals surface area contributed by atoms with Crippen molar-refractivity contribution in [3.8, 4) is 0 Å². The van der Waals surface area contributed by atoms with Crippen LogP contribution in [-0.2, 0) is 52.2 Å². The van der Waals surface area contributed by atoms with Gasteiger partial charge in [-0.3, -0.25) is 9.69 Å². The van der Waals surface area contributed by atoms with Crippen LogP contribution in [0.4, 0.5) is 0 Å². The Morgan fingerprint density at radius 3 is 2.43 bits per heavy atom. The molecule has 0 N–H and O–H groups in total. The summed E-state index contributed by atoms with van der Waals surface area (Å²) in [6.07, 6.45) is 6.82. The summed E-state index contributed by atoms with van der Waals surface area (Å²) < 4.78 is 67.4. The van der Waals surface area contributed by atoms with Crippen molar-refractivity contribution in [3.05, 3.63) is 36.5 Å². The standard InChI is InChI=1S/C46H67NO11/c1-24(2)22-47-13-14-50-32(23-47)19-38-40(49-6)33-18-28(48)17-30-8-10-35-41(53-30)45-44-43(55-35)42-39(56-44)21-46(57-42,58-45)12-11-31-16-26(4)34(51-31)9-7-29-15-25(3)27(5)36(52-29)20-37(33)54-38/h25,29-45H,1,4-5,7-23H2,2-3,6H3/t25-,29+,30-,31+,32+,33+,34+,35+,36-,37+,38-,39-,40-,41+,42+,43+,44-,45+,46+/m1/s1. The molecular formula is C46H67NO11. The summed E-state index contributed by atoms with van der Waals surface area (Å²) in [5.41, 5.74) is 3.41. The lowest BCUT2D eigenvalue weighted by molar-refractivity contribution is -0.292. The van der Waals surface area contributed by atoms with E-state index in [-0.39, 0.29) is 109 Å². The molecule has 11 aliphatic rings. The summed E-state index contributed by atoms with van der Waals surface area (Å²) in [5.74, 6) is -0.456. The van der Waals surface area contributed by atoms with Gasteiger partial charge in [-0.1, -0.05) is 32.2 Å². The Balaban J connectivity index is 0.912. The van der Waals surface area contributed by atoms with Crippen LogP contribution in [0.5, 0.6) is 0 Å². The van der Waals surface area contributed by atoms with Gasteiger partial charge in [0.1, 0.15) is 36.3 Å². The molecule has 0 amide bonds. The van der Waals surface area contributed by atoms with Crippen molar-refractivity contribution in [1.82, 2.24) is 4.90 Å². The first kappa shape index (κ1) is 40.5. The molecule has 0 radical (unpaired) electrons. The van der Waals surface area contributed by atoms with Gasteiger partial charge in [-0.25, -0.2) is 0 Å². The van der Waals surface area contributed by atoms with E-state index in [0.29, 0.717) is 51.0 Å². The van der Waals surface area contributed by atoms with E-state index in [1.807, 2.05) is 0 Å². The fourth-order valence-corrected chi connectivity index (χ4v) is 12.6. The largest absolute Gasteiger partial charge is 0.378 e. The van der Waals surface area contributed by atoms with Gasteiger partial charge < -0.3 is 47.4 Å². The van der Waals surface area contributed by atoms with E-state index in [9.17, 15) is 4.79 Å². The second kappa shape index (κ2) is 16.3. The fourth-order valence-electron chi connectivity index (χ4n) is 12.6. The zero-order chi connectivity index (χ0) is 39.9. The highest BCUT2D eigenvalue weighted by Gasteiger charge is 2.68. The average Bonchev–Trinajstić information content (AvgIpc) is 3.86. The molecular weight excluding hydrogens is 743 g/mol. The van der Waals surface area contributed by atoms with Gasteiger partial charge in [0.25, 0.3) is 0 Å². The minimum Gasteiger partial charge on any atom is -0.378 e. The number of ketones is 1. The summed E-state index contributed by atoms with van der Waals surface area (Å²) in [4.78, 5) is 16.7. The molecule has 1 spiro atoms. The zero-order valence-corrected chi connectivity index (χ0v) is 35.0. The van der Waals surface area contributed by atoms with Crippen LogP contribution in [0.3, 0.4) is 0 Å². The minimum absolute atomic E-state index is 0.000954. The Bertz CT molecular complexity index is 1590. The van der Waals surface area contributed by atoms with Gasteiger partial charge in [0, 0.05) is 71.2 Å². The molecule has 0 aliphatic carbocycles. The van der Waals surface area contributed by atoms with E-state index in [1.165, 1.54) is 0 Å². The lowest BCUT2D eigenvalue weighted by Gasteiger charge is -2.47. The van der Waals surface area contributed by atoms with Crippen LogP contribution in [0.2, 0.25) is 0 Å². The topological polar surface area (TPSA) is 113 Å². The molecule has 11 rings (SSSR count). The molecule has 0 aromatic heterocycles. The molecule has 0 aromatic carbocycles. The first-order valence-corrected chi connectivity index (χ1v) is 22.7. The van der Waals surface area contributed by atoms with Gasteiger partial charge in [0.05, 0.1) is 73.8 Å². The number of fused-ring (bicyclic) bond motifs is 6. The Morgan fingerprint density at radius 2 is 1.59 bits per heavy atom. The zero-order valence-electron chi connectivity index (χ0n) is 35.0. The second-order valence-electron chi connectivity index (χ2n) is 19.7. The van der Waals surface area contributed by atoms with Crippen molar-refractivity contribution in [2.24, 2.45) is 11.8 Å². The number of rotatable bonds is 5. The van der Waals surface area contributed by atoms with Gasteiger partial charge in [0.2, 0.25) is 0 Å². The highest BCUT2D eigenvalue weighted by molar-refractivity contribution is 5.79. The molecule has 12 bridgehead atoms. The number of morpholine rings is 1. The molecule has 0 aromatic rings. The SMILES string of the molecule is C=C(C)CN1CCO[C@@H](C[C@H]2O[C@H]3C[C@H]4O[C@@H](CC[C@@H]5O[C@@H](CC[C@@]67C[C@H]8O[C@H]9[C@@H](O6)[C@H]6O[C@H](CC[C@@H]6O[C@H]9[C@H]8O7)CC(=O)C[C@@H]3[C@H]2OC)CC5=C)C[C@@H](C)C4=C)C1. The van der Waals surface area contributed by atoms with E-state index in [1.54, 1.807) is 7.11 Å². The summed E-state index contributed by atoms with van der Waals surface area (Å²) in [5, 5.41) is 0. The van der Waals surface area contributed by atoms with Gasteiger partial charge in [-0.15, -0.1) is 0 Å². The smallest absolute Gasteiger partial charge is 0.172 e. The van der Waals surface area contributed by atoms with Crippen LogP contribution in [0.15, 0.2) is 36.5 Å². The van der Waals surface area contributed by atoms with Crippen LogP contribution in [-0.4, -0.2) is 147 Å². The minimum atomic E-state index is -0.772. The van der Waals surface area contributed by atoms with E-state index in [0.717, 1.165) is 81.3 Å². The number of Topliss-reactive ketones (excluding diaryl/α,β-unsaturated/α-hetero) is 1. The third-order valence-electron chi connectivity index (χ3n) is 15.4. The van der Waals surface area contributed by atoms with Crippen LogP contribution < -0.4 is 0 Å². The quantitative estimate of drug-likeness (QED) is 0.332. The maximum Gasteiger partial charge on any atom is 0.172 e. The summed E-state index contributed by atoms with van der Waals surface area (Å²) in [7, 11) is 1.76. The van der Waals surface area contributed by atoms with Crippen molar-refractivity contribution in [2.75, 3.05) is 33.4 Å². The Morgan fingerprint density at radius 1 is 0.810 bits per heavy atom. The van der Waals surface area contributed by atoms with Crippen LogP contribution in [0, 0.1) is 11.8 Å². The molecule has 11 aliphatic heterocycles. The summed E-state index contributed by atoms with van der Waals surface area (Å²) >= 11 is 0.